The first kappa shape index (κ1) is 17.5. The Labute approximate surface area is 160 Å². The van der Waals surface area contributed by atoms with Crippen LogP contribution < -0.4 is 15.2 Å². The second kappa shape index (κ2) is 8.22. The molecule has 1 fully saturated rings. The van der Waals surface area contributed by atoms with E-state index >= 15 is 0 Å². The van der Waals surface area contributed by atoms with E-state index in [-0.39, 0.29) is 0 Å². The number of piperazine rings is 1. The molecule has 2 aromatic carbocycles. The molecule has 2 aliphatic rings. The molecule has 27 heavy (non-hydrogen) atoms. The molecule has 0 radical (unpaired) electrons. The normalized spacial score (nSPS) is 19.9. The first-order valence-electron chi connectivity index (χ1n) is 9.47. The first-order valence-corrected chi connectivity index (χ1v) is 9.47. The Morgan fingerprint density at radius 1 is 0.963 bits per heavy atom. The summed E-state index contributed by atoms with van der Waals surface area (Å²) in [6.45, 7) is 5.37. The van der Waals surface area contributed by atoms with Gasteiger partial charge in [-0.15, -0.1) is 0 Å². The highest BCUT2D eigenvalue weighted by atomic mass is 16.1. The van der Waals surface area contributed by atoms with E-state index < -0.39 is 6.17 Å². The first-order chi connectivity index (χ1) is 13.3. The van der Waals surface area contributed by atoms with Crippen molar-refractivity contribution in [2.45, 2.75) is 12.6 Å². The Morgan fingerprint density at radius 3 is 2.37 bits per heavy atom. The monoisotopic (exact) mass is 363 g/mol. The molecular weight excluding hydrogens is 338 g/mol. The maximum absolute atomic E-state index is 11.1. The van der Waals surface area contributed by atoms with Crippen molar-refractivity contribution < 1.29 is 4.79 Å². The van der Waals surface area contributed by atoms with E-state index in [9.17, 15) is 4.79 Å². The number of hydrogen-bond donors (Lipinski definition) is 1. The average molecular weight is 363 g/mol. The van der Waals surface area contributed by atoms with E-state index in [0.29, 0.717) is 0 Å². The molecule has 6 heteroatoms. The van der Waals surface area contributed by atoms with Gasteiger partial charge in [0, 0.05) is 44.1 Å². The van der Waals surface area contributed by atoms with E-state index in [0.717, 1.165) is 51.1 Å². The minimum absolute atomic E-state index is 0.413. The Balaban J connectivity index is 1.29. The molecular formula is C21H25N5O. The standard InChI is InChI=1S/C21H25N5O/c27-16-21-23-22-17-26(21)20-8-6-19(7-9-20)25-14-12-24(13-15-25)11-10-18-4-2-1-3-5-18/h1-9,16-17,21,23H,10-15H2. The number of nitrogens with zero attached hydrogens (tertiary/aromatic N) is 4. The number of anilines is 2. The summed E-state index contributed by atoms with van der Waals surface area (Å²) in [6, 6.07) is 19.0. The summed E-state index contributed by atoms with van der Waals surface area (Å²) >= 11 is 0. The van der Waals surface area contributed by atoms with E-state index in [1.807, 2.05) is 17.0 Å². The zero-order chi connectivity index (χ0) is 18.5. The smallest absolute Gasteiger partial charge is 0.176 e. The van der Waals surface area contributed by atoms with Gasteiger partial charge in [-0.1, -0.05) is 30.3 Å². The molecule has 0 aromatic heterocycles. The van der Waals surface area contributed by atoms with Gasteiger partial charge in [0.1, 0.15) is 6.34 Å². The van der Waals surface area contributed by atoms with E-state index in [2.05, 4.69) is 62.8 Å². The number of carbonyl (C=O) groups excluding carboxylic acids is 1. The van der Waals surface area contributed by atoms with Crippen LogP contribution in [0, 0.1) is 0 Å². The fourth-order valence-corrected chi connectivity index (χ4v) is 3.63. The molecule has 1 unspecified atom stereocenters. The fourth-order valence-electron chi connectivity index (χ4n) is 3.63. The molecule has 0 bridgehead atoms. The second-order valence-corrected chi connectivity index (χ2v) is 6.94. The lowest BCUT2D eigenvalue weighted by atomic mass is 10.1. The van der Waals surface area contributed by atoms with Crippen LogP contribution in [0.2, 0.25) is 0 Å². The Bertz CT molecular complexity index is 769. The number of nitrogens with one attached hydrogen (secondary N) is 1. The average Bonchev–Trinajstić information content (AvgIpc) is 3.22. The minimum atomic E-state index is -0.413. The van der Waals surface area contributed by atoms with Crippen LogP contribution in [0.3, 0.4) is 0 Å². The Hall–Kier alpha value is -2.86. The maximum Gasteiger partial charge on any atom is 0.176 e. The van der Waals surface area contributed by atoms with Gasteiger partial charge in [-0.25, -0.2) is 0 Å². The van der Waals surface area contributed by atoms with Gasteiger partial charge in [-0.05, 0) is 36.2 Å². The molecule has 4 rings (SSSR count). The van der Waals surface area contributed by atoms with Crippen molar-refractivity contribution in [3.63, 3.8) is 0 Å². The predicted octanol–water partition coefficient (Wildman–Crippen LogP) is 1.93. The molecule has 0 aliphatic carbocycles. The number of benzene rings is 2. The van der Waals surface area contributed by atoms with Crippen LogP contribution in [-0.4, -0.2) is 56.4 Å². The molecule has 2 heterocycles. The van der Waals surface area contributed by atoms with Crippen LogP contribution >= 0.6 is 0 Å². The highest BCUT2D eigenvalue weighted by molar-refractivity contribution is 5.87. The third-order valence-corrected chi connectivity index (χ3v) is 5.26. The third kappa shape index (κ3) is 4.11. The second-order valence-electron chi connectivity index (χ2n) is 6.94. The lowest BCUT2D eigenvalue weighted by molar-refractivity contribution is -0.109. The van der Waals surface area contributed by atoms with Crippen LogP contribution in [0.15, 0.2) is 59.7 Å². The molecule has 6 nitrogen and oxygen atoms in total. The summed E-state index contributed by atoms with van der Waals surface area (Å²) < 4.78 is 0. The van der Waals surface area contributed by atoms with Crippen LogP contribution in [-0.2, 0) is 11.2 Å². The zero-order valence-electron chi connectivity index (χ0n) is 15.4. The van der Waals surface area contributed by atoms with Crippen LogP contribution in [0.4, 0.5) is 11.4 Å². The van der Waals surface area contributed by atoms with Gasteiger partial charge in [-0.2, -0.15) is 5.10 Å². The molecule has 1 saturated heterocycles. The lowest BCUT2D eigenvalue weighted by Crippen LogP contribution is -2.47. The summed E-state index contributed by atoms with van der Waals surface area (Å²) in [7, 11) is 0. The Kier molecular flexibility index (Phi) is 5.34. The number of rotatable bonds is 6. The molecule has 1 atom stereocenters. The van der Waals surface area contributed by atoms with Gasteiger partial charge in [0.15, 0.2) is 12.5 Å². The van der Waals surface area contributed by atoms with Crippen molar-refractivity contribution in [3.05, 3.63) is 60.2 Å². The van der Waals surface area contributed by atoms with Crippen LogP contribution in [0.25, 0.3) is 0 Å². The molecule has 2 aromatic rings. The van der Waals surface area contributed by atoms with Gasteiger partial charge >= 0.3 is 0 Å². The van der Waals surface area contributed by atoms with Gasteiger partial charge in [-0.3, -0.25) is 15.1 Å². The zero-order valence-corrected chi connectivity index (χ0v) is 15.4. The van der Waals surface area contributed by atoms with Gasteiger partial charge in [0.05, 0.1) is 0 Å². The molecule has 0 saturated carbocycles. The molecule has 0 spiro atoms. The van der Waals surface area contributed by atoms with Crippen molar-refractivity contribution in [2.75, 3.05) is 42.5 Å². The van der Waals surface area contributed by atoms with Gasteiger partial charge < -0.3 is 9.80 Å². The number of aldehydes is 1. The predicted molar refractivity (Wildman–Crippen MR) is 109 cm³/mol. The molecule has 1 N–H and O–H groups in total. The number of hydrazone groups is 1. The topological polar surface area (TPSA) is 51.2 Å². The fraction of sp³-hybridized carbons (Fsp3) is 0.333. The van der Waals surface area contributed by atoms with Crippen molar-refractivity contribution >= 4 is 24.0 Å². The lowest BCUT2D eigenvalue weighted by Gasteiger charge is -2.36. The summed E-state index contributed by atoms with van der Waals surface area (Å²) in [4.78, 5) is 17.9. The Morgan fingerprint density at radius 2 is 1.67 bits per heavy atom. The molecule has 140 valence electrons. The van der Waals surface area contributed by atoms with E-state index in [1.165, 1.54) is 11.3 Å². The quantitative estimate of drug-likeness (QED) is 0.795. The largest absolute Gasteiger partial charge is 0.369 e. The summed E-state index contributed by atoms with van der Waals surface area (Å²) in [5.74, 6) is 0. The maximum atomic E-state index is 11.1. The minimum Gasteiger partial charge on any atom is -0.369 e. The summed E-state index contributed by atoms with van der Waals surface area (Å²) in [5, 5.41) is 3.96. The SMILES string of the molecule is O=CC1NN=CN1c1ccc(N2CCN(CCc3ccccc3)CC2)cc1. The third-order valence-electron chi connectivity index (χ3n) is 5.26. The highest BCUT2D eigenvalue weighted by Crippen LogP contribution is 2.23. The van der Waals surface area contributed by atoms with Crippen LogP contribution in [0.1, 0.15) is 5.56 Å². The van der Waals surface area contributed by atoms with E-state index in [4.69, 9.17) is 0 Å². The summed E-state index contributed by atoms with van der Waals surface area (Å²) in [5.41, 5.74) is 6.37. The number of carbonyl (C=O) groups is 1. The van der Waals surface area contributed by atoms with Crippen molar-refractivity contribution in [3.8, 4) is 0 Å². The number of hydrogen-bond acceptors (Lipinski definition) is 6. The van der Waals surface area contributed by atoms with Gasteiger partial charge in [0.2, 0.25) is 0 Å². The van der Waals surface area contributed by atoms with Gasteiger partial charge in [0.25, 0.3) is 0 Å². The summed E-state index contributed by atoms with van der Waals surface area (Å²) in [6.07, 6.45) is 3.21. The highest BCUT2D eigenvalue weighted by Gasteiger charge is 2.21. The molecule has 0 amide bonds. The van der Waals surface area contributed by atoms with Crippen molar-refractivity contribution in [2.24, 2.45) is 5.10 Å². The van der Waals surface area contributed by atoms with Crippen molar-refractivity contribution in [1.29, 1.82) is 0 Å². The van der Waals surface area contributed by atoms with Crippen molar-refractivity contribution in [1.82, 2.24) is 10.3 Å². The van der Waals surface area contributed by atoms with Crippen LogP contribution in [0.5, 0.6) is 0 Å². The molecule has 2 aliphatic heterocycles. The van der Waals surface area contributed by atoms with E-state index in [1.54, 1.807) is 6.34 Å².